The maximum absolute atomic E-state index is 5.09. The van der Waals surface area contributed by atoms with Gasteiger partial charge in [0.05, 0.1) is 0 Å². The lowest BCUT2D eigenvalue weighted by molar-refractivity contribution is 1.09. The fraction of sp³-hybridized carbons (Fsp3) is 0.400. The van der Waals surface area contributed by atoms with Crippen LogP contribution in [0.25, 0.3) is 0 Å². The lowest BCUT2D eigenvalue weighted by Gasteiger charge is -1.93. The molecule has 54 valence electrons. The highest BCUT2D eigenvalue weighted by atomic mass is 13.9. The molecule has 0 aromatic carbocycles. The van der Waals surface area contributed by atoms with Crippen LogP contribution in [0.3, 0.4) is 0 Å². The quantitative estimate of drug-likeness (QED) is 0.402. The number of allylic oxidation sites excluding steroid dienone is 4. The fourth-order valence-corrected chi connectivity index (χ4v) is 0.664. The largest absolute Gasteiger partial charge is 0.115 e. The average Bonchev–Trinajstić information content (AvgIpc) is 1.88. The Morgan fingerprint density at radius 3 is 2.50 bits per heavy atom. The molecule has 0 spiro atoms. The fourth-order valence-electron chi connectivity index (χ4n) is 0.664. The Morgan fingerprint density at radius 1 is 1.50 bits per heavy atom. The van der Waals surface area contributed by atoms with Gasteiger partial charge in [-0.15, -0.1) is 6.42 Å². The van der Waals surface area contributed by atoms with Crippen LogP contribution in [0, 0.1) is 12.3 Å². The van der Waals surface area contributed by atoms with Gasteiger partial charge in [-0.1, -0.05) is 24.5 Å². The maximum Gasteiger partial charge on any atom is -0.00923 e. The second-order valence-electron chi connectivity index (χ2n) is 2.40. The summed E-state index contributed by atoms with van der Waals surface area (Å²) in [5.41, 5.74) is 2.52. The summed E-state index contributed by atoms with van der Waals surface area (Å²) in [6.07, 6.45) is 10.1. The highest BCUT2D eigenvalue weighted by Crippen LogP contribution is 2.03. The Labute approximate surface area is 63.6 Å². The first-order valence-corrected chi connectivity index (χ1v) is 3.50. The minimum absolute atomic E-state index is 1.09. The molecule has 0 aromatic heterocycles. The molecule has 0 unspecified atom stereocenters. The van der Waals surface area contributed by atoms with Gasteiger partial charge in [-0.05, 0) is 31.9 Å². The monoisotopic (exact) mass is 134 g/mol. The van der Waals surface area contributed by atoms with E-state index in [0.717, 1.165) is 12.0 Å². The van der Waals surface area contributed by atoms with Crippen molar-refractivity contribution in [3.63, 3.8) is 0 Å². The Balaban J connectivity index is 4.15. The zero-order valence-corrected chi connectivity index (χ0v) is 6.94. The lowest BCUT2D eigenvalue weighted by Crippen LogP contribution is -1.73. The molecule has 0 nitrogen and oxygen atoms in total. The first kappa shape index (κ1) is 9.04. The van der Waals surface area contributed by atoms with Crippen molar-refractivity contribution in [2.45, 2.75) is 27.2 Å². The molecule has 0 saturated carbocycles. The molecule has 0 heterocycles. The van der Waals surface area contributed by atoms with Crippen molar-refractivity contribution in [1.29, 1.82) is 0 Å². The summed E-state index contributed by atoms with van der Waals surface area (Å²) in [5.74, 6) is 2.49. The molecule has 0 atom stereocenters. The summed E-state index contributed by atoms with van der Waals surface area (Å²) >= 11 is 0. The Kier molecular flexibility index (Phi) is 4.41. The van der Waals surface area contributed by atoms with Crippen molar-refractivity contribution in [1.82, 2.24) is 0 Å². The molecular formula is C10H14. The summed E-state index contributed by atoms with van der Waals surface area (Å²) < 4.78 is 0. The summed E-state index contributed by atoms with van der Waals surface area (Å²) in [6, 6.07) is 0. The normalized spacial score (nSPS) is 13.0. The van der Waals surface area contributed by atoms with Crippen molar-refractivity contribution in [2.24, 2.45) is 0 Å². The van der Waals surface area contributed by atoms with Gasteiger partial charge in [0.1, 0.15) is 0 Å². The average molecular weight is 134 g/mol. The van der Waals surface area contributed by atoms with Crippen LogP contribution in [0.15, 0.2) is 23.3 Å². The summed E-state index contributed by atoms with van der Waals surface area (Å²) in [4.78, 5) is 0. The second-order valence-corrected chi connectivity index (χ2v) is 2.40. The Bertz CT molecular complexity index is 187. The van der Waals surface area contributed by atoms with Crippen LogP contribution in [0.2, 0.25) is 0 Å². The number of hydrogen-bond acceptors (Lipinski definition) is 0. The van der Waals surface area contributed by atoms with Crippen LogP contribution in [0.4, 0.5) is 0 Å². The van der Waals surface area contributed by atoms with E-state index in [1.807, 2.05) is 6.92 Å². The highest BCUT2D eigenvalue weighted by Gasteiger charge is 1.83. The number of hydrogen-bond donors (Lipinski definition) is 0. The van der Waals surface area contributed by atoms with E-state index in [1.54, 1.807) is 6.08 Å². The molecule has 10 heavy (non-hydrogen) atoms. The predicted molar refractivity (Wildman–Crippen MR) is 46.6 cm³/mol. The second kappa shape index (κ2) is 4.88. The third-order valence-electron chi connectivity index (χ3n) is 1.34. The van der Waals surface area contributed by atoms with Crippen molar-refractivity contribution in [2.75, 3.05) is 0 Å². The summed E-state index contributed by atoms with van der Waals surface area (Å²) in [6.45, 7) is 6.25. The molecule has 0 aliphatic carbocycles. The van der Waals surface area contributed by atoms with Crippen molar-refractivity contribution in [3.05, 3.63) is 23.3 Å². The Hall–Kier alpha value is -0.960. The molecule has 0 amide bonds. The van der Waals surface area contributed by atoms with E-state index in [0.29, 0.717) is 0 Å². The molecule has 0 aromatic rings. The molecule has 0 radical (unpaired) electrons. The molecule has 0 bridgehead atoms. The lowest BCUT2D eigenvalue weighted by atomic mass is 10.1. The van der Waals surface area contributed by atoms with Gasteiger partial charge in [-0.25, -0.2) is 0 Å². The zero-order valence-electron chi connectivity index (χ0n) is 6.94. The Morgan fingerprint density at radius 2 is 2.10 bits per heavy atom. The molecule has 0 aliphatic heterocycles. The molecule has 0 aliphatic rings. The van der Waals surface area contributed by atoms with E-state index in [9.17, 15) is 0 Å². The first-order chi connectivity index (χ1) is 4.70. The summed E-state index contributed by atoms with van der Waals surface area (Å²) in [5, 5.41) is 0. The van der Waals surface area contributed by atoms with Gasteiger partial charge < -0.3 is 0 Å². The zero-order chi connectivity index (χ0) is 7.98. The maximum atomic E-state index is 5.09. The van der Waals surface area contributed by atoms with Gasteiger partial charge in [0.25, 0.3) is 0 Å². The van der Waals surface area contributed by atoms with Crippen LogP contribution in [0.1, 0.15) is 27.2 Å². The van der Waals surface area contributed by atoms with Gasteiger partial charge in [0.15, 0.2) is 0 Å². The van der Waals surface area contributed by atoms with Crippen molar-refractivity contribution >= 4 is 0 Å². The minimum Gasteiger partial charge on any atom is -0.115 e. The number of terminal acetylenes is 1. The van der Waals surface area contributed by atoms with E-state index in [1.165, 1.54) is 5.57 Å². The predicted octanol–water partition coefficient (Wildman–Crippen LogP) is 2.92. The molecule has 0 fully saturated rings. The topological polar surface area (TPSA) is 0 Å². The van der Waals surface area contributed by atoms with Crippen molar-refractivity contribution in [3.8, 4) is 12.3 Å². The summed E-state index contributed by atoms with van der Waals surface area (Å²) in [7, 11) is 0. The molecule has 0 heteroatoms. The molecule has 0 saturated heterocycles. The standard InChI is InChI=1S/C10H14/c1-5-7-10(4)8-9(3)6-2/h1,7-8H,6H2,2-4H3/b9-8+,10-7-. The van der Waals surface area contributed by atoms with Crippen LogP contribution < -0.4 is 0 Å². The molecular weight excluding hydrogens is 120 g/mol. The van der Waals surface area contributed by atoms with Crippen LogP contribution in [-0.4, -0.2) is 0 Å². The van der Waals surface area contributed by atoms with Gasteiger partial charge in [0.2, 0.25) is 0 Å². The van der Waals surface area contributed by atoms with E-state index in [2.05, 4.69) is 25.8 Å². The van der Waals surface area contributed by atoms with Gasteiger partial charge in [-0.3, -0.25) is 0 Å². The van der Waals surface area contributed by atoms with E-state index in [4.69, 9.17) is 6.42 Å². The van der Waals surface area contributed by atoms with Gasteiger partial charge in [-0.2, -0.15) is 0 Å². The highest BCUT2D eigenvalue weighted by molar-refractivity contribution is 5.27. The molecule has 0 N–H and O–H groups in total. The first-order valence-electron chi connectivity index (χ1n) is 3.50. The van der Waals surface area contributed by atoms with Crippen LogP contribution in [0.5, 0.6) is 0 Å². The van der Waals surface area contributed by atoms with Crippen molar-refractivity contribution < 1.29 is 0 Å². The SMILES string of the molecule is C#C/C=C(C)\C=C(/C)CC. The smallest absolute Gasteiger partial charge is 0.00923 e. The van der Waals surface area contributed by atoms with Crippen LogP contribution in [-0.2, 0) is 0 Å². The van der Waals surface area contributed by atoms with Gasteiger partial charge in [0, 0.05) is 0 Å². The minimum atomic E-state index is 1.09. The van der Waals surface area contributed by atoms with E-state index in [-0.39, 0.29) is 0 Å². The molecule has 0 rings (SSSR count). The third kappa shape index (κ3) is 3.97. The van der Waals surface area contributed by atoms with E-state index < -0.39 is 0 Å². The van der Waals surface area contributed by atoms with E-state index >= 15 is 0 Å². The van der Waals surface area contributed by atoms with Gasteiger partial charge >= 0.3 is 0 Å². The third-order valence-corrected chi connectivity index (χ3v) is 1.34. The van der Waals surface area contributed by atoms with Crippen LogP contribution >= 0.6 is 0 Å². The number of rotatable bonds is 2.